The Balaban J connectivity index is 1.64. The predicted octanol–water partition coefficient (Wildman–Crippen LogP) is 9.51. The second kappa shape index (κ2) is 12.4. The Hall–Kier alpha value is -3.14. The van der Waals surface area contributed by atoms with E-state index in [1.165, 1.54) is 29.8 Å². The number of rotatable bonds is 10. The van der Waals surface area contributed by atoms with Crippen molar-refractivity contribution in [2.75, 3.05) is 5.75 Å². The first kappa shape index (κ1) is 30.8. The molecule has 1 N–H and O–H groups in total. The summed E-state index contributed by atoms with van der Waals surface area (Å²) in [4.78, 5) is 12.9. The number of aryl methyl sites for hydroxylation is 3. The number of carboxylic acids is 1. The number of hydrogen-bond acceptors (Lipinski definition) is 5. The fourth-order valence-corrected chi connectivity index (χ4v) is 6.42. The van der Waals surface area contributed by atoms with Crippen molar-refractivity contribution in [3.63, 3.8) is 0 Å². The SMILES string of the molecule is Cc1cc(C)c(SN(Cc2ccc(-c3cccc(SCC(=O)O)c3)cc2)C(C)(C)c2ccc(C(F)(F)F)o2)c(C)c1. The van der Waals surface area contributed by atoms with E-state index in [1.807, 2.05) is 83.1 Å². The first-order valence-corrected chi connectivity index (χ1v) is 14.7. The molecule has 0 amide bonds. The van der Waals surface area contributed by atoms with Crippen LogP contribution >= 0.6 is 23.7 Å². The first-order valence-electron chi connectivity index (χ1n) is 13.0. The molecule has 0 saturated heterocycles. The zero-order valence-corrected chi connectivity index (χ0v) is 25.1. The van der Waals surface area contributed by atoms with Crippen LogP contribution in [0, 0.1) is 20.8 Å². The van der Waals surface area contributed by atoms with Crippen LogP contribution in [-0.4, -0.2) is 21.1 Å². The second-order valence-electron chi connectivity index (χ2n) is 10.5. The molecule has 41 heavy (non-hydrogen) atoms. The fraction of sp³-hybridized carbons (Fsp3) is 0.281. The van der Waals surface area contributed by atoms with Crippen LogP contribution in [-0.2, 0) is 23.1 Å². The highest BCUT2D eigenvalue weighted by molar-refractivity contribution is 8.00. The number of halogens is 3. The van der Waals surface area contributed by atoms with Gasteiger partial charge < -0.3 is 9.52 Å². The predicted molar refractivity (Wildman–Crippen MR) is 159 cm³/mol. The van der Waals surface area contributed by atoms with Crippen molar-refractivity contribution in [3.05, 3.63) is 107 Å². The van der Waals surface area contributed by atoms with Gasteiger partial charge in [0.2, 0.25) is 5.76 Å². The molecule has 0 aliphatic heterocycles. The molecular formula is C32H32F3NO3S2. The molecule has 0 atom stereocenters. The Kier molecular flexibility index (Phi) is 9.31. The van der Waals surface area contributed by atoms with Crippen LogP contribution in [0.25, 0.3) is 11.1 Å². The van der Waals surface area contributed by atoms with Gasteiger partial charge in [-0.3, -0.25) is 4.79 Å². The van der Waals surface area contributed by atoms with E-state index in [0.717, 1.165) is 49.2 Å². The zero-order valence-electron chi connectivity index (χ0n) is 23.5. The number of benzene rings is 3. The van der Waals surface area contributed by atoms with Gasteiger partial charge in [-0.25, -0.2) is 4.31 Å². The summed E-state index contributed by atoms with van der Waals surface area (Å²) >= 11 is 2.78. The number of hydrogen-bond donors (Lipinski definition) is 1. The number of alkyl halides is 3. The molecule has 0 saturated carbocycles. The third-order valence-electron chi connectivity index (χ3n) is 6.73. The lowest BCUT2D eigenvalue weighted by atomic mass is 10.0. The minimum absolute atomic E-state index is 0.00819. The minimum Gasteiger partial charge on any atom is -0.481 e. The molecule has 0 unspecified atom stereocenters. The molecule has 0 bridgehead atoms. The van der Waals surface area contributed by atoms with Gasteiger partial charge >= 0.3 is 12.1 Å². The molecule has 216 valence electrons. The summed E-state index contributed by atoms with van der Waals surface area (Å²) < 4.78 is 47.5. The maximum Gasteiger partial charge on any atom is 0.449 e. The summed E-state index contributed by atoms with van der Waals surface area (Å²) in [6, 6.07) is 22.4. The van der Waals surface area contributed by atoms with E-state index in [-0.39, 0.29) is 11.5 Å². The molecule has 0 aliphatic rings. The average Bonchev–Trinajstić information content (AvgIpc) is 3.42. The van der Waals surface area contributed by atoms with Crippen molar-refractivity contribution in [1.29, 1.82) is 0 Å². The van der Waals surface area contributed by atoms with Crippen molar-refractivity contribution >= 4 is 29.7 Å². The maximum absolute atomic E-state index is 13.4. The lowest BCUT2D eigenvalue weighted by molar-refractivity contribution is -0.154. The van der Waals surface area contributed by atoms with Crippen LogP contribution in [0.15, 0.2) is 87.0 Å². The number of carboxylic acid groups (broad SMARTS) is 1. The second-order valence-corrected chi connectivity index (χ2v) is 12.6. The molecule has 9 heteroatoms. The van der Waals surface area contributed by atoms with Crippen molar-refractivity contribution in [1.82, 2.24) is 4.31 Å². The molecule has 3 aromatic carbocycles. The lowest BCUT2D eigenvalue weighted by Gasteiger charge is -2.36. The van der Waals surface area contributed by atoms with Crippen LogP contribution in [0.2, 0.25) is 0 Å². The van der Waals surface area contributed by atoms with E-state index >= 15 is 0 Å². The maximum atomic E-state index is 13.4. The molecule has 4 aromatic rings. The highest BCUT2D eigenvalue weighted by Gasteiger charge is 2.39. The highest BCUT2D eigenvalue weighted by atomic mass is 32.2. The summed E-state index contributed by atoms with van der Waals surface area (Å²) in [5, 5.41) is 8.98. The van der Waals surface area contributed by atoms with Gasteiger partial charge in [-0.2, -0.15) is 13.2 Å². The van der Waals surface area contributed by atoms with Gasteiger partial charge in [0.25, 0.3) is 0 Å². The molecule has 0 radical (unpaired) electrons. The number of thioether (sulfide) groups is 1. The van der Waals surface area contributed by atoms with Crippen LogP contribution in [0.3, 0.4) is 0 Å². The smallest absolute Gasteiger partial charge is 0.449 e. The van der Waals surface area contributed by atoms with E-state index in [1.54, 1.807) is 0 Å². The Bertz CT molecular complexity index is 1500. The Morgan fingerprint density at radius 2 is 1.51 bits per heavy atom. The van der Waals surface area contributed by atoms with Crippen molar-refractivity contribution < 1.29 is 27.5 Å². The molecule has 4 nitrogen and oxygen atoms in total. The van der Waals surface area contributed by atoms with Crippen molar-refractivity contribution in [3.8, 4) is 11.1 Å². The van der Waals surface area contributed by atoms with Gasteiger partial charge in [0.15, 0.2) is 0 Å². The summed E-state index contributed by atoms with van der Waals surface area (Å²) in [6.07, 6.45) is -4.56. The average molecular weight is 600 g/mol. The van der Waals surface area contributed by atoms with Gasteiger partial charge in [-0.15, -0.1) is 11.8 Å². The monoisotopic (exact) mass is 599 g/mol. The molecule has 0 spiro atoms. The van der Waals surface area contributed by atoms with E-state index in [0.29, 0.717) is 6.54 Å². The normalized spacial score (nSPS) is 12.2. The van der Waals surface area contributed by atoms with Gasteiger partial charge in [0, 0.05) is 16.3 Å². The Labute approximate surface area is 247 Å². The van der Waals surface area contributed by atoms with E-state index < -0.39 is 23.4 Å². The molecule has 1 heterocycles. The number of nitrogens with zero attached hydrogens (tertiary/aromatic N) is 1. The molecule has 1 aromatic heterocycles. The number of aliphatic carboxylic acids is 1. The first-order chi connectivity index (χ1) is 19.2. The zero-order chi connectivity index (χ0) is 29.9. The van der Waals surface area contributed by atoms with Crippen LogP contribution < -0.4 is 0 Å². The quantitative estimate of drug-likeness (QED) is 0.145. The number of furan rings is 1. The van der Waals surface area contributed by atoms with Crippen molar-refractivity contribution in [2.24, 2.45) is 0 Å². The largest absolute Gasteiger partial charge is 0.481 e. The molecule has 0 fully saturated rings. The van der Waals surface area contributed by atoms with E-state index in [2.05, 4.69) is 16.4 Å². The summed E-state index contributed by atoms with van der Waals surface area (Å²) in [7, 11) is 0. The summed E-state index contributed by atoms with van der Waals surface area (Å²) in [5.41, 5.74) is 5.40. The van der Waals surface area contributed by atoms with E-state index in [4.69, 9.17) is 9.52 Å². The topological polar surface area (TPSA) is 53.7 Å². The molecule has 0 aliphatic carbocycles. The summed E-state index contributed by atoms with van der Waals surface area (Å²) in [6.45, 7) is 10.3. The summed E-state index contributed by atoms with van der Waals surface area (Å²) in [5.74, 6) is -1.66. The van der Waals surface area contributed by atoms with Gasteiger partial charge in [-0.1, -0.05) is 54.1 Å². The van der Waals surface area contributed by atoms with Gasteiger partial charge in [0.05, 0.1) is 11.3 Å². The van der Waals surface area contributed by atoms with Crippen LogP contribution in [0.4, 0.5) is 13.2 Å². The lowest BCUT2D eigenvalue weighted by Crippen LogP contribution is -2.36. The van der Waals surface area contributed by atoms with E-state index in [9.17, 15) is 18.0 Å². The van der Waals surface area contributed by atoms with Crippen LogP contribution in [0.1, 0.15) is 47.6 Å². The Morgan fingerprint density at radius 1 is 0.878 bits per heavy atom. The Morgan fingerprint density at radius 3 is 2.10 bits per heavy atom. The van der Waals surface area contributed by atoms with Gasteiger partial charge in [-0.05, 0) is 98.6 Å². The minimum atomic E-state index is -4.56. The number of carbonyl (C=O) groups is 1. The third kappa shape index (κ3) is 7.58. The fourth-order valence-electron chi connectivity index (χ4n) is 4.59. The third-order valence-corrected chi connectivity index (χ3v) is 9.34. The molecule has 4 rings (SSSR count). The van der Waals surface area contributed by atoms with Crippen molar-refractivity contribution in [2.45, 2.75) is 62.7 Å². The van der Waals surface area contributed by atoms with Gasteiger partial charge in [0.1, 0.15) is 5.76 Å². The molecular weight excluding hydrogens is 567 g/mol. The standard InChI is InChI=1S/C32H32F3NO3S2/c1-20-15-21(2)30(22(3)16-20)41-36(31(4,5)27-13-14-28(39-27)32(33,34)35)18-23-9-11-24(12-10-23)25-7-6-8-26(17-25)40-19-29(37)38/h6-17H,18-19H2,1-5H3,(H,37,38). The van der Waals surface area contributed by atoms with Crippen LogP contribution in [0.5, 0.6) is 0 Å². The highest BCUT2D eigenvalue weighted by Crippen LogP contribution is 2.43.